The van der Waals surface area contributed by atoms with E-state index in [1.165, 1.54) is 0 Å². The van der Waals surface area contributed by atoms with Gasteiger partial charge in [0.05, 0.1) is 5.92 Å². The van der Waals surface area contributed by atoms with E-state index in [0.29, 0.717) is 19.0 Å². The number of carbonyl (C=O) groups excluding carboxylic acids is 1. The molecule has 0 aliphatic rings. The van der Waals surface area contributed by atoms with Crippen molar-refractivity contribution in [3.05, 3.63) is 71.8 Å². The monoisotopic (exact) mass is 301 g/mol. The Hall–Kier alpha value is -1.80. The van der Waals surface area contributed by atoms with Crippen LogP contribution in [0.15, 0.2) is 60.7 Å². The molecule has 2 nitrogen and oxygen atoms in total. The molecule has 0 spiro atoms. The Morgan fingerprint density at radius 2 is 1.62 bits per heavy atom. The lowest BCUT2D eigenvalue weighted by molar-refractivity contribution is -0.132. The molecular weight excluding hydrogens is 282 g/mol. The van der Waals surface area contributed by atoms with E-state index in [2.05, 4.69) is 0 Å². The predicted molar refractivity (Wildman–Crippen MR) is 87.4 cm³/mol. The molecule has 21 heavy (non-hydrogen) atoms. The summed E-state index contributed by atoms with van der Waals surface area (Å²) >= 11 is 5.86. The Bertz CT molecular complexity index is 556. The highest BCUT2D eigenvalue weighted by Gasteiger charge is 2.21. The molecule has 0 bridgehead atoms. The smallest absolute Gasteiger partial charge is 0.230 e. The van der Waals surface area contributed by atoms with Gasteiger partial charge in [-0.05, 0) is 18.1 Å². The van der Waals surface area contributed by atoms with Crippen LogP contribution >= 0.6 is 11.6 Å². The maximum Gasteiger partial charge on any atom is 0.230 e. The van der Waals surface area contributed by atoms with Crippen LogP contribution in [-0.4, -0.2) is 23.2 Å². The molecule has 0 fully saturated rings. The maximum atomic E-state index is 12.7. The van der Waals surface area contributed by atoms with E-state index < -0.39 is 0 Å². The fraction of sp³-hybridized carbons (Fsp3) is 0.278. The van der Waals surface area contributed by atoms with Crippen molar-refractivity contribution in [3.63, 3.8) is 0 Å². The van der Waals surface area contributed by atoms with Gasteiger partial charge in [0.2, 0.25) is 5.91 Å². The second kappa shape index (κ2) is 7.84. The predicted octanol–water partition coefficient (Wildman–Crippen LogP) is 4.06. The molecule has 0 heterocycles. The number of alkyl halides is 1. The molecule has 0 aromatic heterocycles. The zero-order valence-corrected chi connectivity index (χ0v) is 13.0. The van der Waals surface area contributed by atoms with Crippen LogP contribution in [0, 0.1) is 0 Å². The molecule has 0 radical (unpaired) electrons. The topological polar surface area (TPSA) is 20.3 Å². The number of rotatable bonds is 6. The normalized spacial score (nSPS) is 11.9. The molecule has 110 valence electrons. The van der Waals surface area contributed by atoms with Crippen molar-refractivity contribution < 1.29 is 4.79 Å². The van der Waals surface area contributed by atoms with E-state index in [1.54, 1.807) is 0 Å². The first-order valence-corrected chi connectivity index (χ1v) is 7.69. The van der Waals surface area contributed by atoms with Crippen LogP contribution in [0.1, 0.15) is 24.0 Å². The highest BCUT2D eigenvalue weighted by Crippen LogP contribution is 2.19. The Labute approximate surface area is 131 Å². The number of carbonyl (C=O) groups is 1. The molecule has 0 saturated carbocycles. The molecule has 0 aliphatic carbocycles. The summed E-state index contributed by atoms with van der Waals surface area (Å²) in [6, 6.07) is 19.9. The number of hydrogen-bond donors (Lipinski definition) is 0. The van der Waals surface area contributed by atoms with Gasteiger partial charge in [-0.1, -0.05) is 60.7 Å². The molecule has 1 amide bonds. The fourth-order valence-electron chi connectivity index (χ4n) is 2.33. The third-order valence-corrected chi connectivity index (χ3v) is 3.72. The molecule has 2 aromatic carbocycles. The number of amides is 1. The van der Waals surface area contributed by atoms with E-state index in [4.69, 9.17) is 11.6 Å². The standard InChI is InChI=1S/C18H20ClNO/c1-15(17-10-6-3-7-11-17)18(21)20(13-12-19)14-16-8-4-2-5-9-16/h2-11,15H,12-14H2,1H3. The molecular formula is C18H20ClNO. The van der Waals surface area contributed by atoms with E-state index in [-0.39, 0.29) is 11.8 Å². The molecule has 0 saturated heterocycles. The van der Waals surface area contributed by atoms with Crippen molar-refractivity contribution in [3.8, 4) is 0 Å². The largest absolute Gasteiger partial charge is 0.337 e. The first kappa shape index (κ1) is 15.6. The summed E-state index contributed by atoms with van der Waals surface area (Å²) in [5.41, 5.74) is 2.16. The fourth-order valence-corrected chi connectivity index (χ4v) is 2.54. The summed E-state index contributed by atoms with van der Waals surface area (Å²) < 4.78 is 0. The van der Waals surface area contributed by atoms with Gasteiger partial charge in [0.1, 0.15) is 0 Å². The zero-order chi connectivity index (χ0) is 15.1. The Morgan fingerprint density at radius 3 is 2.19 bits per heavy atom. The lowest BCUT2D eigenvalue weighted by Crippen LogP contribution is -2.35. The molecule has 2 aromatic rings. The van der Waals surface area contributed by atoms with Crippen molar-refractivity contribution in [2.75, 3.05) is 12.4 Å². The van der Waals surface area contributed by atoms with Crippen molar-refractivity contribution >= 4 is 17.5 Å². The average molecular weight is 302 g/mol. The van der Waals surface area contributed by atoms with Gasteiger partial charge < -0.3 is 4.90 Å². The lowest BCUT2D eigenvalue weighted by atomic mass is 9.99. The highest BCUT2D eigenvalue weighted by atomic mass is 35.5. The van der Waals surface area contributed by atoms with Crippen LogP contribution in [-0.2, 0) is 11.3 Å². The Balaban J connectivity index is 2.12. The lowest BCUT2D eigenvalue weighted by Gasteiger charge is -2.25. The summed E-state index contributed by atoms with van der Waals surface area (Å²) in [7, 11) is 0. The third-order valence-electron chi connectivity index (χ3n) is 3.55. The highest BCUT2D eigenvalue weighted by molar-refractivity contribution is 6.18. The van der Waals surface area contributed by atoms with Crippen LogP contribution in [0.2, 0.25) is 0 Å². The summed E-state index contributed by atoms with van der Waals surface area (Å²) in [5.74, 6) is 0.406. The van der Waals surface area contributed by atoms with E-state index in [1.807, 2.05) is 72.5 Å². The zero-order valence-electron chi connectivity index (χ0n) is 12.2. The van der Waals surface area contributed by atoms with Gasteiger partial charge in [0, 0.05) is 19.0 Å². The van der Waals surface area contributed by atoms with Gasteiger partial charge in [0.15, 0.2) is 0 Å². The van der Waals surface area contributed by atoms with Crippen LogP contribution in [0.5, 0.6) is 0 Å². The van der Waals surface area contributed by atoms with Crippen LogP contribution in [0.3, 0.4) is 0 Å². The first-order chi connectivity index (χ1) is 10.2. The van der Waals surface area contributed by atoms with Gasteiger partial charge in [-0.2, -0.15) is 0 Å². The Morgan fingerprint density at radius 1 is 1.05 bits per heavy atom. The van der Waals surface area contributed by atoms with Gasteiger partial charge in [-0.15, -0.1) is 11.6 Å². The SMILES string of the molecule is CC(C(=O)N(CCCl)Cc1ccccc1)c1ccccc1. The molecule has 1 atom stereocenters. The van der Waals surface area contributed by atoms with Crippen molar-refractivity contribution in [2.45, 2.75) is 19.4 Å². The number of hydrogen-bond acceptors (Lipinski definition) is 1. The number of nitrogens with zero attached hydrogens (tertiary/aromatic N) is 1. The van der Waals surface area contributed by atoms with Crippen molar-refractivity contribution in [2.24, 2.45) is 0 Å². The second-order valence-electron chi connectivity index (χ2n) is 5.07. The molecule has 1 unspecified atom stereocenters. The van der Waals surface area contributed by atoms with E-state index in [9.17, 15) is 4.79 Å². The van der Waals surface area contributed by atoms with Gasteiger partial charge in [0.25, 0.3) is 0 Å². The van der Waals surface area contributed by atoms with Gasteiger partial charge >= 0.3 is 0 Å². The van der Waals surface area contributed by atoms with E-state index in [0.717, 1.165) is 11.1 Å². The van der Waals surface area contributed by atoms with Crippen LogP contribution in [0.25, 0.3) is 0 Å². The number of benzene rings is 2. The third kappa shape index (κ3) is 4.33. The minimum Gasteiger partial charge on any atom is -0.337 e. The minimum atomic E-state index is -0.155. The minimum absolute atomic E-state index is 0.116. The summed E-state index contributed by atoms with van der Waals surface area (Å²) in [6.07, 6.45) is 0. The van der Waals surface area contributed by atoms with E-state index >= 15 is 0 Å². The van der Waals surface area contributed by atoms with Crippen LogP contribution < -0.4 is 0 Å². The molecule has 0 N–H and O–H groups in total. The van der Waals surface area contributed by atoms with Crippen molar-refractivity contribution in [1.82, 2.24) is 4.90 Å². The molecule has 0 aliphatic heterocycles. The summed E-state index contributed by atoms with van der Waals surface area (Å²) in [6.45, 7) is 3.11. The molecule has 3 heteroatoms. The Kier molecular flexibility index (Phi) is 5.82. The number of halogens is 1. The second-order valence-corrected chi connectivity index (χ2v) is 5.44. The van der Waals surface area contributed by atoms with Gasteiger partial charge in [-0.25, -0.2) is 0 Å². The van der Waals surface area contributed by atoms with Crippen LogP contribution in [0.4, 0.5) is 0 Å². The summed E-state index contributed by atoms with van der Waals surface area (Å²) in [4.78, 5) is 14.5. The summed E-state index contributed by atoms with van der Waals surface area (Å²) in [5, 5.41) is 0. The average Bonchev–Trinajstić information content (AvgIpc) is 2.55. The maximum absolute atomic E-state index is 12.7. The first-order valence-electron chi connectivity index (χ1n) is 7.16. The van der Waals surface area contributed by atoms with Gasteiger partial charge in [-0.3, -0.25) is 4.79 Å². The quantitative estimate of drug-likeness (QED) is 0.737. The molecule has 2 rings (SSSR count). The van der Waals surface area contributed by atoms with Crippen molar-refractivity contribution in [1.29, 1.82) is 0 Å².